The molecule has 0 fully saturated rings. The van der Waals surface area contributed by atoms with Crippen molar-refractivity contribution in [3.05, 3.63) is 84.6 Å². The smallest absolute Gasteiger partial charge is 0.448 e. The molecule has 0 saturated heterocycles. The van der Waals surface area contributed by atoms with Crippen molar-refractivity contribution >= 4 is 29.8 Å². The summed E-state index contributed by atoms with van der Waals surface area (Å²) >= 11 is 0. The van der Waals surface area contributed by atoms with E-state index in [1.807, 2.05) is 30.3 Å². The van der Waals surface area contributed by atoms with Gasteiger partial charge in [-0.25, -0.2) is 14.6 Å². The van der Waals surface area contributed by atoms with E-state index >= 15 is 0 Å². The van der Waals surface area contributed by atoms with Gasteiger partial charge in [-0.2, -0.15) is 13.2 Å². The van der Waals surface area contributed by atoms with Crippen LogP contribution in [-0.2, 0) is 23.9 Å². The minimum Gasteiger partial charge on any atom is -0.448 e. The van der Waals surface area contributed by atoms with E-state index < -0.39 is 49.1 Å². The molecule has 0 spiro atoms. The van der Waals surface area contributed by atoms with E-state index in [1.165, 1.54) is 0 Å². The minimum atomic E-state index is -5.36. The molecule has 40 heavy (non-hydrogen) atoms. The molecule has 0 aliphatic heterocycles. The largest absolute Gasteiger partial charge is 0.491 e. The number of ether oxygens (including phenoxy) is 2. The fourth-order valence-corrected chi connectivity index (χ4v) is 3.40. The second-order valence-electron chi connectivity index (χ2n) is 8.20. The molecule has 3 rings (SSSR count). The van der Waals surface area contributed by atoms with Crippen LogP contribution in [0.4, 0.5) is 23.8 Å². The average molecular weight is 559 g/mol. The van der Waals surface area contributed by atoms with Crippen molar-refractivity contribution in [2.75, 3.05) is 25.0 Å². The van der Waals surface area contributed by atoms with E-state index in [9.17, 15) is 32.3 Å². The van der Waals surface area contributed by atoms with Crippen LogP contribution in [0.25, 0.3) is 11.1 Å². The number of hydrogen-bond donors (Lipinski definition) is 3. The molecule has 10 nitrogen and oxygen atoms in total. The second kappa shape index (κ2) is 14.3. The van der Waals surface area contributed by atoms with Crippen LogP contribution in [0, 0.1) is 0 Å². The third kappa shape index (κ3) is 9.74. The van der Waals surface area contributed by atoms with Gasteiger partial charge in [-0.05, 0) is 28.8 Å². The van der Waals surface area contributed by atoms with Gasteiger partial charge in [0.15, 0.2) is 0 Å². The predicted molar refractivity (Wildman–Crippen MR) is 137 cm³/mol. The third-order valence-electron chi connectivity index (χ3n) is 5.26. The zero-order valence-corrected chi connectivity index (χ0v) is 20.9. The van der Waals surface area contributed by atoms with Gasteiger partial charge in [0.1, 0.15) is 19.0 Å². The summed E-state index contributed by atoms with van der Waals surface area (Å²) in [5.74, 6) is -4.34. The van der Waals surface area contributed by atoms with Crippen molar-refractivity contribution < 1.29 is 41.8 Å². The first kappa shape index (κ1) is 29.6. The molecule has 0 aliphatic rings. The fraction of sp³-hybridized carbons (Fsp3) is 0.222. The molecule has 0 aliphatic carbocycles. The summed E-state index contributed by atoms with van der Waals surface area (Å²) in [5, 5.41) is 7.63. The lowest BCUT2D eigenvalue weighted by atomic mass is 9.99. The number of hydrogen-bond acceptors (Lipinski definition) is 8. The van der Waals surface area contributed by atoms with Gasteiger partial charge < -0.3 is 25.4 Å². The molecule has 13 heteroatoms. The van der Waals surface area contributed by atoms with E-state index in [0.29, 0.717) is 11.4 Å². The van der Waals surface area contributed by atoms with Gasteiger partial charge in [-0.3, -0.25) is 9.59 Å². The monoisotopic (exact) mass is 558 g/mol. The Hall–Kier alpha value is -4.94. The standard InChI is InChI=1S/C27H25F3N4O6/c28-27(29,30)25(37)40-24(36)16-21(20-11-9-19(10-12-20)18-6-2-1-3-7-18)34-23(35)17-33-26(38)39-15-14-32-22-8-4-5-13-31-22/h1-13,21H,14-17H2,(H,31,32)(H,33,38)(H,34,35). The minimum absolute atomic E-state index is 0.0283. The summed E-state index contributed by atoms with van der Waals surface area (Å²) in [6.07, 6.45) is -5.44. The first-order chi connectivity index (χ1) is 19.1. The quantitative estimate of drug-likeness (QED) is 0.184. The van der Waals surface area contributed by atoms with E-state index in [-0.39, 0.29) is 13.2 Å². The Morgan fingerprint density at radius 3 is 2.20 bits per heavy atom. The number of halogens is 3. The first-order valence-electron chi connectivity index (χ1n) is 11.9. The van der Waals surface area contributed by atoms with Gasteiger partial charge in [0.2, 0.25) is 5.91 Å². The summed E-state index contributed by atoms with van der Waals surface area (Å²) < 4.78 is 46.3. The molecular formula is C27H25F3N4O6. The number of rotatable bonds is 11. The lowest BCUT2D eigenvalue weighted by Gasteiger charge is -2.19. The van der Waals surface area contributed by atoms with Gasteiger partial charge >= 0.3 is 24.2 Å². The maximum atomic E-state index is 12.5. The summed E-state index contributed by atoms with van der Waals surface area (Å²) in [6, 6.07) is 19.9. The number of benzene rings is 2. The first-order valence-corrected chi connectivity index (χ1v) is 11.9. The number of esters is 2. The highest BCUT2D eigenvalue weighted by molar-refractivity contribution is 5.89. The number of amides is 2. The Bertz CT molecular complexity index is 1290. The van der Waals surface area contributed by atoms with E-state index in [1.54, 1.807) is 48.7 Å². The fourth-order valence-electron chi connectivity index (χ4n) is 3.40. The van der Waals surface area contributed by atoms with Crippen LogP contribution in [0.3, 0.4) is 0 Å². The van der Waals surface area contributed by atoms with Crippen LogP contribution >= 0.6 is 0 Å². The molecular weight excluding hydrogens is 533 g/mol. The molecule has 2 aromatic carbocycles. The molecule has 1 atom stereocenters. The third-order valence-corrected chi connectivity index (χ3v) is 5.26. The van der Waals surface area contributed by atoms with Gasteiger partial charge in [0.25, 0.3) is 0 Å². The highest BCUT2D eigenvalue weighted by atomic mass is 19.4. The SMILES string of the molecule is O=C(CNC(=O)OCCNc1ccccn1)NC(CC(=O)OC(=O)C(F)(F)F)c1ccc(-c2ccccc2)cc1. The van der Waals surface area contributed by atoms with E-state index in [4.69, 9.17) is 4.74 Å². The van der Waals surface area contributed by atoms with Crippen molar-refractivity contribution in [3.8, 4) is 11.1 Å². The van der Waals surface area contributed by atoms with Crippen LogP contribution in [-0.4, -0.2) is 54.8 Å². The van der Waals surface area contributed by atoms with Gasteiger partial charge in [-0.15, -0.1) is 0 Å². The second-order valence-corrected chi connectivity index (χ2v) is 8.20. The molecule has 3 aromatic rings. The van der Waals surface area contributed by atoms with Crippen molar-refractivity contribution in [3.63, 3.8) is 0 Å². The summed E-state index contributed by atoms with van der Waals surface area (Å²) in [6.45, 7) is -0.322. The normalized spacial score (nSPS) is 11.6. The van der Waals surface area contributed by atoms with Gasteiger partial charge in [0.05, 0.1) is 19.0 Å². The van der Waals surface area contributed by atoms with Crippen molar-refractivity contribution in [2.24, 2.45) is 0 Å². The number of anilines is 1. The number of alkyl carbamates (subject to hydrolysis) is 1. The zero-order chi connectivity index (χ0) is 29.0. The number of alkyl halides is 3. The van der Waals surface area contributed by atoms with E-state index in [2.05, 4.69) is 25.7 Å². The van der Waals surface area contributed by atoms with Crippen LogP contribution in [0.15, 0.2) is 79.0 Å². The van der Waals surface area contributed by atoms with E-state index in [0.717, 1.165) is 11.1 Å². The van der Waals surface area contributed by atoms with Crippen LogP contribution in [0.1, 0.15) is 18.0 Å². The molecule has 0 radical (unpaired) electrons. The van der Waals surface area contributed by atoms with Gasteiger partial charge in [-0.1, -0.05) is 60.7 Å². The summed E-state index contributed by atoms with van der Waals surface area (Å²) in [5.41, 5.74) is 2.06. The maximum absolute atomic E-state index is 12.5. The number of aromatic nitrogens is 1. The molecule has 2 amide bonds. The average Bonchev–Trinajstić information content (AvgIpc) is 2.94. The predicted octanol–water partition coefficient (Wildman–Crippen LogP) is 3.77. The molecule has 3 N–H and O–H groups in total. The van der Waals surface area contributed by atoms with Gasteiger partial charge in [0, 0.05) is 6.20 Å². The van der Waals surface area contributed by atoms with Crippen LogP contribution < -0.4 is 16.0 Å². The lowest BCUT2D eigenvalue weighted by Crippen LogP contribution is -2.40. The molecule has 1 heterocycles. The van der Waals surface area contributed by atoms with Crippen molar-refractivity contribution in [1.29, 1.82) is 0 Å². The number of nitrogens with one attached hydrogen (secondary N) is 3. The molecule has 1 unspecified atom stereocenters. The topological polar surface area (TPSA) is 136 Å². The zero-order valence-electron chi connectivity index (χ0n) is 20.9. The summed E-state index contributed by atoms with van der Waals surface area (Å²) in [4.78, 5) is 51.6. The molecule has 0 bridgehead atoms. The van der Waals surface area contributed by atoms with Crippen molar-refractivity contribution in [1.82, 2.24) is 15.6 Å². The number of nitrogens with zero attached hydrogens (tertiary/aromatic N) is 1. The van der Waals surface area contributed by atoms with Crippen LogP contribution in [0.2, 0.25) is 0 Å². The maximum Gasteiger partial charge on any atom is 0.491 e. The number of carbonyl (C=O) groups is 4. The highest BCUT2D eigenvalue weighted by Crippen LogP contribution is 2.24. The number of pyridine rings is 1. The Kier molecular flexibility index (Phi) is 10.6. The highest BCUT2D eigenvalue weighted by Gasteiger charge is 2.42. The Balaban J connectivity index is 1.57. The Morgan fingerprint density at radius 1 is 0.875 bits per heavy atom. The summed E-state index contributed by atoms with van der Waals surface area (Å²) in [7, 11) is 0. The Morgan fingerprint density at radius 2 is 1.55 bits per heavy atom. The molecule has 0 saturated carbocycles. The Labute approximate surface area is 226 Å². The molecule has 210 valence electrons. The van der Waals surface area contributed by atoms with Crippen LogP contribution in [0.5, 0.6) is 0 Å². The number of carbonyl (C=O) groups excluding carboxylic acids is 4. The van der Waals surface area contributed by atoms with Crippen molar-refractivity contribution in [2.45, 2.75) is 18.6 Å². The lowest BCUT2D eigenvalue weighted by molar-refractivity contribution is -0.202. The molecule has 1 aromatic heterocycles.